The van der Waals surface area contributed by atoms with Gasteiger partial charge in [-0.25, -0.2) is 0 Å². The lowest BCUT2D eigenvalue weighted by Crippen LogP contribution is -1.84. The van der Waals surface area contributed by atoms with Gasteiger partial charge in [0.15, 0.2) is 0 Å². The highest BCUT2D eigenvalue weighted by molar-refractivity contribution is 7.99. The largest absolute Gasteiger partial charge is 0.457 e. The minimum Gasteiger partial charge on any atom is -0.457 e. The Hall–Kier alpha value is -2.62. The standard InChI is InChI=1S/C24H18OS2/c1-3-9-21(10-4-1)26-23-16-14-19(15-17-23)25-20-8-7-13-24(18-20)27-22-11-5-2-6-12-22/h1-18H. The van der Waals surface area contributed by atoms with Crippen LogP contribution < -0.4 is 4.74 Å². The van der Waals surface area contributed by atoms with Crippen LogP contribution in [0.15, 0.2) is 129 Å². The fourth-order valence-corrected chi connectivity index (χ4v) is 4.29. The minimum atomic E-state index is 0.842. The number of rotatable bonds is 6. The van der Waals surface area contributed by atoms with Gasteiger partial charge in [-0.2, -0.15) is 0 Å². The topological polar surface area (TPSA) is 9.23 Å². The van der Waals surface area contributed by atoms with Gasteiger partial charge in [-0.15, -0.1) is 0 Å². The first-order chi connectivity index (χ1) is 13.3. The normalized spacial score (nSPS) is 10.5. The van der Waals surface area contributed by atoms with Crippen LogP contribution in [0.1, 0.15) is 0 Å². The molecule has 0 unspecified atom stereocenters. The van der Waals surface area contributed by atoms with Crippen LogP contribution in [0.2, 0.25) is 0 Å². The smallest absolute Gasteiger partial charge is 0.128 e. The second-order valence-corrected chi connectivity index (χ2v) is 8.17. The Morgan fingerprint density at radius 3 is 1.56 bits per heavy atom. The average Bonchev–Trinajstić information content (AvgIpc) is 2.71. The van der Waals surface area contributed by atoms with E-state index in [1.54, 1.807) is 23.5 Å². The summed E-state index contributed by atoms with van der Waals surface area (Å²) in [6.45, 7) is 0. The van der Waals surface area contributed by atoms with Crippen LogP contribution in [0, 0.1) is 0 Å². The lowest BCUT2D eigenvalue weighted by molar-refractivity contribution is 0.481. The van der Waals surface area contributed by atoms with Gasteiger partial charge in [0.25, 0.3) is 0 Å². The van der Waals surface area contributed by atoms with Crippen LogP contribution in [0.25, 0.3) is 0 Å². The molecule has 0 radical (unpaired) electrons. The Morgan fingerprint density at radius 1 is 0.407 bits per heavy atom. The summed E-state index contributed by atoms with van der Waals surface area (Å²) in [7, 11) is 0. The molecule has 27 heavy (non-hydrogen) atoms. The van der Waals surface area contributed by atoms with Gasteiger partial charge < -0.3 is 4.74 Å². The molecule has 4 aromatic rings. The lowest BCUT2D eigenvalue weighted by atomic mass is 10.3. The van der Waals surface area contributed by atoms with Gasteiger partial charge in [0.05, 0.1) is 0 Å². The van der Waals surface area contributed by atoms with Crippen molar-refractivity contribution in [1.82, 2.24) is 0 Å². The van der Waals surface area contributed by atoms with E-state index in [0.717, 1.165) is 16.4 Å². The number of ether oxygens (including phenoxy) is 1. The molecule has 3 heteroatoms. The fourth-order valence-electron chi connectivity index (χ4n) is 2.56. The van der Waals surface area contributed by atoms with Crippen LogP contribution >= 0.6 is 23.5 Å². The molecule has 0 aromatic heterocycles. The highest BCUT2D eigenvalue weighted by atomic mass is 32.2. The summed E-state index contributed by atoms with van der Waals surface area (Å²) in [5, 5.41) is 0. The predicted molar refractivity (Wildman–Crippen MR) is 114 cm³/mol. The molecule has 0 N–H and O–H groups in total. The summed E-state index contributed by atoms with van der Waals surface area (Å²) in [6, 6.07) is 37.1. The van der Waals surface area contributed by atoms with Crippen molar-refractivity contribution in [3.63, 3.8) is 0 Å². The highest BCUT2D eigenvalue weighted by Gasteiger charge is 2.03. The van der Waals surface area contributed by atoms with Gasteiger partial charge in [0.2, 0.25) is 0 Å². The zero-order valence-corrected chi connectivity index (χ0v) is 16.3. The third kappa shape index (κ3) is 5.19. The zero-order chi connectivity index (χ0) is 18.3. The van der Waals surface area contributed by atoms with Crippen molar-refractivity contribution < 1.29 is 4.74 Å². The molecule has 132 valence electrons. The van der Waals surface area contributed by atoms with Crippen molar-refractivity contribution in [2.24, 2.45) is 0 Å². The van der Waals surface area contributed by atoms with Crippen molar-refractivity contribution in [1.29, 1.82) is 0 Å². The fraction of sp³-hybridized carbons (Fsp3) is 0. The molecule has 0 amide bonds. The maximum atomic E-state index is 6.04. The minimum absolute atomic E-state index is 0.842. The zero-order valence-electron chi connectivity index (χ0n) is 14.6. The van der Waals surface area contributed by atoms with Crippen molar-refractivity contribution in [2.45, 2.75) is 19.6 Å². The molecule has 0 spiro atoms. The van der Waals surface area contributed by atoms with E-state index in [1.807, 2.05) is 36.4 Å². The molecule has 0 fully saturated rings. The van der Waals surface area contributed by atoms with E-state index in [1.165, 1.54) is 14.7 Å². The van der Waals surface area contributed by atoms with Crippen LogP contribution in [-0.4, -0.2) is 0 Å². The third-order valence-corrected chi connectivity index (χ3v) is 5.84. The molecule has 0 aliphatic carbocycles. The van der Waals surface area contributed by atoms with Crippen molar-refractivity contribution in [3.8, 4) is 11.5 Å². The summed E-state index contributed by atoms with van der Waals surface area (Å²) >= 11 is 3.48. The quantitative estimate of drug-likeness (QED) is 0.335. The van der Waals surface area contributed by atoms with Crippen LogP contribution in [0.4, 0.5) is 0 Å². The van der Waals surface area contributed by atoms with E-state index in [-0.39, 0.29) is 0 Å². The van der Waals surface area contributed by atoms with E-state index in [4.69, 9.17) is 4.74 Å². The van der Waals surface area contributed by atoms with E-state index in [9.17, 15) is 0 Å². The van der Waals surface area contributed by atoms with Crippen molar-refractivity contribution in [3.05, 3.63) is 109 Å². The average molecular weight is 387 g/mol. The van der Waals surface area contributed by atoms with Gasteiger partial charge in [0, 0.05) is 19.6 Å². The highest BCUT2D eigenvalue weighted by Crippen LogP contribution is 2.33. The molecule has 0 saturated carbocycles. The van der Waals surface area contributed by atoms with Gasteiger partial charge in [0.1, 0.15) is 11.5 Å². The number of hydrogen-bond donors (Lipinski definition) is 0. The van der Waals surface area contributed by atoms with Gasteiger partial charge >= 0.3 is 0 Å². The van der Waals surface area contributed by atoms with E-state index in [2.05, 4.69) is 72.8 Å². The van der Waals surface area contributed by atoms with E-state index >= 15 is 0 Å². The third-order valence-electron chi connectivity index (χ3n) is 3.82. The molecule has 0 aliphatic rings. The summed E-state index contributed by atoms with van der Waals surface area (Å²) < 4.78 is 6.04. The summed E-state index contributed by atoms with van der Waals surface area (Å²) in [5.74, 6) is 1.69. The first-order valence-corrected chi connectivity index (χ1v) is 10.3. The second-order valence-electron chi connectivity index (χ2n) is 5.88. The van der Waals surface area contributed by atoms with E-state index < -0.39 is 0 Å². The molecule has 0 saturated heterocycles. The maximum Gasteiger partial charge on any atom is 0.128 e. The van der Waals surface area contributed by atoms with Gasteiger partial charge in [-0.3, -0.25) is 0 Å². The van der Waals surface area contributed by atoms with Crippen LogP contribution in [0.5, 0.6) is 11.5 Å². The van der Waals surface area contributed by atoms with E-state index in [0.29, 0.717) is 0 Å². The molecular formula is C24H18OS2. The molecule has 4 aromatic carbocycles. The Morgan fingerprint density at radius 2 is 0.926 bits per heavy atom. The number of benzene rings is 4. The SMILES string of the molecule is c1ccc(Sc2ccc(Oc3cccc(Sc4ccccc4)c3)cc2)cc1. The molecule has 0 aliphatic heterocycles. The summed E-state index contributed by atoms with van der Waals surface area (Å²) in [5.41, 5.74) is 0. The first-order valence-electron chi connectivity index (χ1n) is 8.69. The van der Waals surface area contributed by atoms with Crippen LogP contribution in [-0.2, 0) is 0 Å². The molecule has 4 rings (SSSR count). The summed E-state index contributed by atoms with van der Waals surface area (Å²) in [4.78, 5) is 4.81. The Kier molecular flexibility index (Phi) is 5.83. The molecule has 0 heterocycles. The van der Waals surface area contributed by atoms with Crippen molar-refractivity contribution in [2.75, 3.05) is 0 Å². The van der Waals surface area contributed by atoms with Gasteiger partial charge in [-0.05, 0) is 66.7 Å². The molecule has 0 bridgehead atoms. The van der Waals surface area contributed by atoms with Crippen LogP contribution in [0.3, 0.4) is 0 Å². The first kappa shape index (κ1) is 17.8. The Bertz CT molecular complexity index is 984. The Balaban J connectivity index is 1.42. The van der Waals surface area contributed by atoms with Crippen molar-refractivity contribution >= 4 is 23.5 Å². The summed E-state index contributed by atoms with van der Waals surface area (Å²) in [6.07, 6.45) is 0. The molecule has 0 atom stereocenters. The second kappa shape index (κ2) is 8.85. The predicted octanol–water partition coefficient (Wildman–Crippen LogP) is 7.78. The number of hydrogen-bond acceptors (Lipinski definition) is 3. The lowest BCUT2D eigenvalue weighted by Gasteiger charge is -2.09. The molecule has 1 nitrogen and oxygen atoms in total. The van der Waals surface area contributed by atoms with Gasteiger partial charge in [-0.1, -0.05) is 66.0 Å². The maximum absolute atomic E-state index is 6.04. The molecular weight excluding hydrogens is 368 g/mol. The Labute approximate surface area is 168 Å². The monoisotopic (exact) mass is 386 g/mol.